The van der Waals surface area contributed by atoms with Gasteiger partial charge in [0.2, 0.25) is 5.76 Å². The third-order valence-corrected chi connectivity index (χ3v) is 6.09. The van der Waals surface area contributed by atoms with Crippen molar-refractivity contribution in [1.82, 2.24) is 20.0 Å². The van der Waals surface area contributed by atoms with Crippen molar-refractivity contribution in [3.8, 4) is 11.5 Å². The van der Waals surface area contributed by atoms with E-state index in [2.05, 4.69) is 20.4 Å². The van der Waals surface area contributed by atoms with E-state index < -0.39 is 5.82 Å². The van der Waals surface area contributed by atoms with Crippen molar-refractivity contribution in [2.45, 2.75) is 18.9 Å². The van der Waals surface area contributed by atoms with Crippen LogP contribution in [0.4, 0.5) is 15.9 Å². The molecule has 35 heavy (non-hydrogen) atoms. The average molecular weight is 498 g/mol. The van der Waals surface area contributed by atoms with Gasteiger partial charge in [0, 0.05) is 43.5 Å². The van der Waals surface area contributed by atoms with Crippen molar-refractivity contribution in [2.24, 2.45) is 0 Å². The minimum Gasteiger partial charge on any atom is -0.493 e. The van der Waals surface area contributed by atoms with Crippen LogP contribution in [-0.4, -0.2) is 52.2 Å². The number of methoxy groups -OCH3 is 1. The van der Waals surface area contributed by atoms with Gasteiger partial charge >= 0.3 is 0 Å². The molecule has 180 valence electrons. The normalized spacial score (nSPS) is 14.2. The smallest absolute Gasteiger partial charge is 0.292 e. The Morgan fingerprint density at radius 1 is 1.20 bits per heavy atom. The SMILES string of the molecule is COc1cc2ncnc(Nc3cccc(Cl)c3F)c2cc1OC1CCN(C(=O)c2ccno2)CC1. The third kappa shape index (κ3) is 4.69. The van der Waals surface area contributed by atoms with Crippen LogP contribution in [0.15, 0.2) is 53.4 Å². The zero-order chi connectivity index (χ0) is 24.4. The van der Waals surface area contributed by atoms with Gasteiger partial charge < -0.3 is 24.2 Å². The summed E-state index contributed by atoms with van der Waals surface area (Å²) in [6.45, 7) is 1.04. The first-order valence-electron chi connectivity index (χ1n) is 10.9. The Kier molecular flexibility index (Phi) is 6.37. The van der Waals surface area contributed by atoms with E-state index in [-0.39, 0.29) is 28.5 Å². The quantitative estimate of drug-likeness (QED) is 0.403. The molecule has 1 aliphatic heterocycles. The summed E-state index contributed by atoms with van der Waals surface area (Å²) in [5, 5.41) is 7.21. The van der Waals surface area contributed by atoms with Crippen molar-refractivity contribution in [3.05, 3.63) is 65.5 Å². The number of benzene rings is 2. The third-order valence-electron chi connectivity index (χ3n) is 5.80. The maximum Gasteiger partial charge on any atom is 0.292 e. The summed E-state index contributed by atoms with van der Waals surface area (Å²) in [5.74, 6) is 0.872. The highest BCUT2D eigenvalue weighted by Gasteiger charge is 2.27. The first kappa shape index (κ1) is 22.9. The molecule has 4 aromatic rings. The molecule has 1 fully saturated rings. The summed E-state index contributed by atoms with van der Waals surface area (Å²) in [5.41, 5.74) is 0.793. The number of aromatic nitrogens is 3. The lowest BCUT2D eigenvalue weighted by atomic mass is 10.1. The number of fused-ring (bicyclic) bond motifs is 1. The molecule has 11 heteroatoms. The molecular weight excluding hydrogens is 477 g/mol. The highest BCUT2D eigenvalue weighted by molar-refractivity contribution is 6.31. The van der Waals surface area contributed by atoms with Gasteiger partial charge in [-0.3, -0.25) is 4.79 Å². The van der Waals surface area contributed by atoms with E-state index >= 15 is 0 Å². The van der Waals surface area contributed by atoms with Crippen LogP contribution in [0.2, 0.25) is 5.02 Å². The molecule has 1 saturated heterocycles. The Morgan fingerprint density at radius 2 is 2.03 bits per heavy atom. The van der Waals surface area contributed by atoms with E-state index in [9.17, 15) is 9.18 Å². The number of amides is 1. The number of likely N-dealkylation sites (tertiary alicyclic amines) is 1. The minimum absolute atomic E-state index is 0.00666. The van der Waals surface area contributed by atoms with Gasteiger partial charge in [0.05, 0.1) is 29.5 Å². The Morgan fingerprint density at radius 3 is 2.77 bits per heavy atom. The van der Waals surface area contributed by atoms with Gasteiger partial charge in [-0.2, -0.15) is 0 Å². The number of ether oxygens (including phenoxy) is 2. The zero-order valence-electron chi connectivity index (χ0n) is 18.7. The lowest BCUT2D eigenvalue weighted by molar-refractivity contribution is 0.0554. The maximum absolute atomic E-state index is 14.5. The average Bonchev–Trinajstić information content (AvgIpc) is 3.42. The van der Waals surface area contributed by atoms with Gasteiger partial charge in [-0.25, -0.2) is 14.4 Å². The summed E-state index contributed by atoms with van der Waals surface area (Å²) in [6.07, 6.45) is 3.96. The van der Waals surface area contributed by atoms with Crippen LogP contribution < -0.4 is 14.8 Å². The number of carbonyl (C=O) groups excluding carboxylic acids is 1. The van der Waals surface area contributed by atoms with Gasteiger partial charge in [-0.15, -0.1) is 0 Å². The number of carbonyl (C=O) groups is 1. The summed E-state index contributed by atoms with van der Waals surface area (Å²) in [7, 11) is 1.55. The van der Waals surface area contributed by atoms with Crippen LogP contribution in [-0.2, 0) is 0 Å². The minimum atomic E-state index is -0.572. The number of rotatable bonds is 6. The van der Waals surface area contributed by atoms with E-state index in [0.717, 1.165) is 0 Å². The Bertz CT molecular complexity index is 1360. The highest BCUT2D eigenvalue weighted by atomic mass is 35.5. The molecule has 0 spiro atoms. The largest absolute Gasteiger partial charge is 0.493 e. The second-order valence-electron chi connectivity index (χ2n) is 7.95. The van der Waals surface area contributed by atoms with Crippen molar-refractivity contribution in [2.75, 3.05) is 25.5 Å². The predicted molar refractivity (Wildman–Crippen MR) is 127 cm³/mol. The summed E-state index contributed by atoms with van der Waals surface area (Å²) in [4.78, 5) is 22.8. The standard InChI is InChI=1S/C24H21ClFN5O4/c1-33-20-12-18-15(23(28-13-27-18)30-17-4-2-3-16(25)22(17)26)11-21(20)34-14-6-9-31(10-7-14)24(32)19-5-8-29-35-19/h2-5,8,11-14H,6-7,9-10H2,1H3,(H,27,28,30). The molecule has 1 N–H and O–H groups in total. The molecule has 2 aromatic heterocycles. The molecule has 3 heterocycles. The molecule has 0 saturated carbocycles. The molecule has 9 nitrogen and oxygen atoms in total. The molecular formula is C24H21ClFN5O4. The Hall–Kier alpha value is -3.92. The zero-order valence-corrected chi connectivity index (χ0v) is 19.5. The molecule has 1 amide bonds. The summed E-state index contributed by atoms with van der Waals surface area (Å²) in [6, 6.07) is 9.76. The first-order chi connectivity index (χ1) is 17.0. The topological polar surface area (TPSA) is 103 Å². The van der Waals surface area contributed by atoms with E-state index in [1.54, 1.807) is 42.3 Å². The number of hydrogen-bond donors (Lipinski definition) is 1. The first-order valence-corrected chi connectivity index (χ1v) is 11.3. The molecule has 2 aromatic carbocycles. The summed E-state index contributed by atoms with van der Waals surface area (Å²) < 4.78 is 31.2. The lowest BCUT2D eigenvalue weighted by Gasteiger charge is -2.31. The number of halogens is 2. The second kappa shape index (κ2) is 9.75. The van der Waals surface area contributed by atoms with Crippen LogP contribution in [0.25, 0.3) is 10.9 Å². The van der Waals surface area contributed by atoms with Gasteiger partial charge in [0.25, 0.3) is 5.91 Å². The Balaban J connectivity index is 1.36. The van der Waals surface area contributed by atoms with Gasteiger partial charge in [-0.1, -0.05) is 22.8 Å². The monoisotopic (exact) mass is 497 g/mol. The summed E-state index contributed by atoms with van der Waals surface area (Å²) >= 11 is 5.91. The molecule has 0 unspecified atom stereocenters. The van der Waals surface area contributed by atoms with Gasteiger partial charge in [-0.05, 0) is 18.2 Å². The van der Waals surface area contributed by atoms with Crippen LogP contribution >= 0.6 is 11.6 Å². The second-order valence-corrected chi connectivity index (χ2v) is 8.36. The predicted octanol–water partition coefficient (Wildman–Crippen LogP) is 4.85. The van der Waals surface area contributed by atoms with Crippen LogP contribution in [0, 0.1) is 5.82 Å². The van der Waals surface area contributed by atoms with E-state index in [1.807, 2.05) is 0 Å². The number of piperidine rings is 1. The molecule has 5 rings (SSSR count). The molecule has 0 bridgehead atoms. The van der Waals surface area contributed by atoms with Crippen molar-refractivity contribution < 1.29 is 23.2 Å². The molecule has 1 aliphatic rings. The van der Waals surface area contributed by atoms with Gasteiger partial charge in [0.1, 0.15) is 18.2 Å². The number of nitrogens with zero attached hydrogens (tertiary/aromatic N) is 4. The van der Waals surface area contributed by atoms with Crippen molar-refractivity contribution in [1.29, 1.82) is 0 Å². The van der Waals surface area contributed by atoms with Crippen LogP contribution in [0.1, 0.15) is 23.4 Å². The Labute approximate surface area is 204 Å². The highest BCUT2D eigenvalue weighted by Crippen LogP contribution is 2.37. The van der Waals surface area contributed by atoms with E-state index in [1.165, 1.54) is 18.6 Å². The number of nitrogens with one attached hydrogen (secondary N) is 1. The fourth-order valence-electron chi connectivity index (χ4n) is 3.98. The molecule has 0 atom stereocenters. The van der Waals surface area contributed by atoms with Gasteiger partial charge in [0.15, 0.2) is 17.3 Å². The number of hydrogen-bond acceptors (Lipinski definition) is 8. The van der Waals surface area contributed by atoms with Crippen LogP contribution in [0.3, 0.4) is 0 Å². The fraction of sp³-hybridized carbons (Fsp3) is 0.250. The molecule has 0 radical (unpaired) electrons. The van der Waals surface area contributed by atoms with Crippen molar-refractivity contribution in [3.63, 3.8) is 0 Å². The lowest BCUT2D eigenvalue weighted by Crippen LogP contribution is -2.41. The van der Waals surface area contributed by atoms with E-state index in [0.29, 0.717) is 54.2 Å². The van der Waals surface area contributed by atoms with E-state index in [4.69, 9.17) is 25.6 Å². The number of anilines is 2. The maximum atomic E-state index is 14.5. The van der Waals surface area contributed by atoms with Crippen molar-refractivity contribution >= 4 is 39.9 Å². The van der Waals surface area contributed by atoms with Crippen LogP contribution in [0.5, 0.6) is 11.5 Å². The molecule has 0 aliphatic carbocycles. The fourth-order valence-corrected chi connectivity index (χ4v) is 4.16.